The Kier molecular flexibility index (Phi) is 8.65. The third kappa shape index (κ3) is 11.5. The van der Waals surface area contributed by atoms with Crippen LogP contribution in [0.5, 0.6) is 0 Å². The molecule has 0 aromatic carbocycles. The lowest BCUT2D eigenvalue weighted by Gasteiger charge is -1.91. The van der Waals surface area contributed by atoms with E-state index in [1.165, 1.54) is 7.11 Å². The van der Waals surface area contributed by atoms with Crippen LogP contribution in [0.4, 0.5) is 0 Å². The smallest absolute Gasteiger partial charge is 0.332 e. The van der Waals surface area contributed by atoms with Crippen LogP contribution in [0.15, 0.2) is 12.2 Å². The molecule has 3 nitrogen and oxygen atoms in total. The highest BCUT2D eigenvalue weighted by Gasteiger charge is 1.95. The van der Waals surface area contributed by atoms with Crippen LogP contribution in [-0.2, 0) is 9.53 Å². The predicted molar refractivity (Wildman–Crippen MR) is 47.3 cm³/mol. The van der Waals surface area contributed by atoms with Crippen molar-refractivity contribution in [1.29, 1.82) is 5.26 Å². The maximum Gasteiger partial charge on any atom is 0.332 e. The zero-order valence-corrected chi connectivity index (χ0v) is 8.05. The van der Waals surface area contributed by atoms with E-state index >= 15 is 0 Å². The highest BCUT2D eigenvalue weighted by atomic mass is 16.5. The third-order valence-electron chi connectivity index (χ3n) is 0.792. The van der Waals surface area contributed by atoms with Crippen LogP contribution in [0.25, 0.3) is 0 Å². The molecular formula is C9H15NO2. The molecule has 0 fully saturated rings. The molecule has 0 saturated carbocycles. The highest BCUT2D eigenvalue weighted by molar-refractivity contribution is 5.86. The van der Waals surface area contributed by atoms with Crippen LogP contribution in [0.1, 0.15) is 20.8 Å². The molecule has 0 unspecified atom stereocenters. The van der Waals surface area contributed by atoms with E-state index in [1.807, 2.05) is 19.9 Å². The molecule has 68 valence electrons. The van der Waals surface area contributed by atoms with Crippen LogP contribution in [0.3, 0.4) is 0 Å². The first-order valence-corrected chi connectivity index (χ1v) is 3.59. The number of nitrogens with zero attached hydrogens (tertiary/aromatic N) is 1. The molecule has 0 amide bonds. The van der Waals surface area contributed by atoms with Crippen molar-refractivity contribution in [3.63, 3.8) is 0 Å². The molecule has 0 bridgehead atoms. The summed E-state index contributed by atoms with van der Waals surface area (Å²) in [6.45, 7) is 8.68. The number of carbonyl (C=O) groups excluding carboxylic acids is 1. The van der Waals surface area contributed by atoms with Gasteiger partial charge in [0.15, 0.2) is 0 Å². The van der Waals surface area contributed by atoms with Gasteiger partial charge in [-0.1, -0.05) is 6.58 Å². The number of rotatable bonds is 1. The van der Waals surface area contributed by atoms with Gasteiger partial charge in [0.1, 0.15) is 0 Å². The van der Waals surface area contributed by atoms with Crippen molar-refractivity contribution in [2.75, 3.05) is 7.11 Å². The summed E-state index contributed by atoms with van der Waals surface area (Å²) in [6.07, 6.45) is 0. The van der Waals surface area contributed by atoms with Crippen LogP contribution < -0.4 is 0 Å². The molecule has 0 N–H and O–H groups in total. The number of ether oxygens (including phenoxy) is 1. The molecular weight excluding hydrogens is 154 g/mol. The average molecular weight is 169 g/mol. The minimum atomic E-state index is -0.347. The summed E-state index contributed by atoms with van der Waals surface area (Å²) < 4.78 is 4.27. The fraction of sp³-hybridized carbons (Fsp3) is 0.556. The van der Waals surface area contributed by atoms with Gasteiger partial charge in [-0.15, -0.1) is 0 Å². The lowest BCUT2D eigenvalue weighted by atomic mass is 10.3. The summed E-state index contributed by atoms with van der Waals surface area (Å²) in [5.41, 5.74) is 0.433. The largest absolute Gasteiger partial charge is 0.466 e. The number of hydrogen-bond acceptors (Lipinski definition) is 3. The first kappa shape index (κ1) is 13.3. The first-order chi connectivity index (χ1) is 5.45. The Morgan fingerprint density at radius 3 is 1.92 bits per heavy atom. The molecule has 0 radical (unpaired) electrons. The topological polar surface area (TPSA) is 50.1 Å². The van der Waals surface area contributed by atoms with Crippen molar-refractivity contribution in [3.8, 4) is 6.07 Å². The Hall–Kier alpha value is -1.30. The van der Waals surface area contributed by atoms with Crippen LogP contribution in [-0.4, -0.2) is 13.1 Å². The maximum absolute atomic E-state index is 10.2. The van der Waals surface area contributed by atoms with E-state index in [1.54, 1.807) is 6.92 Å². The first-order valence-electron chi connectivity index (χ1n) is 3.59. The third-order valence-corrected chi connectivity index (χ3v) is 0.792. The summed E-state index contributed by atoms with van der Waals surface area (Å²) in [5, 5.41) is 7.89. The van der Waals surface area contributed by atoms with Gasteiger partial charge >= 0.3 is 5.97 Å². The molecule has 0 aromatic heterocycles. The number of methoxy groups -OCH3 is 1. The van der Waals surface area contributed by atoms with Gasteiger partial charge in [0.2, 0.25) is 0 Å². The lowest BCUT2D eigenvalue weighted by Crippen LogP contribution is -1.98. The Balaban J connectivity index is 0. The molecule has 0 atom stereocenters. The molecule has 0 spiro atoms. The molecule has 0 aliphatic heterocycles. The number of esters is 1. The quantitative estimate of drug-likeness (QED) is 0.445. The van der Waals surface area contributed by atoms with Crippen LogP contribution in [0.2, 0.25) is 0 Å². The van der Waals surface area contributed by atoms with Crippen molar-refractivity contribution in [2.24, 2.45) is 5.92 Å². The molecule has 0 aromatic rings. The molecule has 0 aliphatic rings. The summed E-state index contributed by atoms with van der Waals surface area (Å²) >= 11 is 0. The minimum absolute atomic E-state index is 0.190. The van der Waals surface area contributed by atoms with E-state index in [-0.39, 0.29) is 11.9 Å². The minimum Gasteiger partial charge on any atom is -0.466 e. The lowest BCUT2D eigenvalue weighted by molar-refractivity contribution is -0.136. The number of carbonyl (C=O) groups is 1. The van der Waals surface area contributed by atoms with Gasteiger partial charge in [-0.3, -0.25) is 0 Å². The molecule has 0 heterocycles. The van der Waals surface area contributed by atoms with Gasteiger partial charge in [-0.05, 0) is 20.8 Å². The van der Waals surface area contributed by atoms with Crippen molar-refractivity contribution in [3.05, 3.63) is 12.2 Å². The second kappa shape index (κ2) is 7.80. The number of nitriles is 1. The summed E-state index contributed by atoms with van der Waals surface area (Å²) in [4.78, 5) is 10.2. The van der Waals surface area contributed by atoms with Gasteiger partial charge < -0.3 is 4.74 Å². The van der Waals surface area contributed by atoms with E-state index in [4.69, 9.17) is 5.26 Å². The van der Waals surface area contributed by atoms with E-state index in [0.29, 0.717) is 5.57 Å². The Labute approximate surface area is 73.6 Å². The zero-order chi connectivity index (χ0) is 10.1. The Bertz CT molecular complexity index is 189. The maximum atomic E-state index is 10.2. The van der Waals surface area contributed by atoms with E-state index in [0.717, 1.165) is 0 Å². The molecule has 0 rings (SSSR count). The van der Waals surface area contributed by atoms with Gasteiger partial charge in [0.05, 0.1) is 13.2 Å². The normalized spacial score (nSPS) is 7.67. The van der Waals surface area contributed by atoms with Crippen LogP contribution >= 0.6 is 0 Å². The monoisotopic (exact) mass is 169 g/mol. The van der Waals surface area contributed by atoms with Gasteiger partial charge in [0, 0.05) is 11.5 Å². The van der Waals surface area contributed by atoms with E-state index in [9.17, 15) is 4.79 Å². The SMILES string of the molecule is C=C(C)C(=O)OC.CC(C)C#N. The molecule has 12 heavy (non-hydrogen) atoms. The standard InChI is InChI=1S/C5H8O2.C4H7N/c1-4(2)5(6)7-3;1-4(2)3-5/h1H2,2-3H3;4H,1-2H3. The Morgan fingerprint density at radius 2 is 1.92 bits per heavy atom. The Morgan fingerprint density at radius 1 is 1.58 bits per heavy atom. The van der Waals surface area contributed by atoms with Crippen molar-refractivity contribution in [2.45, 2.75) is 20.8 Å². The van der Waals surface area contributed by atoms with Gasteiger partial charge in [-0.25, -0.2) is 4.79 Å². The van der Waals surface area contributed by atoms with Gasteiger partial charge in [-0.2, -0.15) is 5.26 Å². The highest BCUT2D eigenvalue weighted by Crippen LogP contribution is 1.87. The fourth-order valence-corrected chi connectivity index (χ4v) is 0.174. The van der Waals surface area contributed by atoms with E-state index in [2.05, 4.69) is 11.3 Å². The van der Waals surface area contributed by atoms with Crippen LogP contribution in [0, 0.1) is 17.2 Å². The predicted octanol–water partition coefficient (Wildman–Crippen LogP) is 1.90. The second-order valence-electron chi connectivity index (χ2n) is 2.56. The van der Waals surface area contributed by atoms with Gasteiger partial charge in [0.25, 0.3) is 0 Å². The fourth-order valence-electron chi connectivity index (χ4n) is 0.174. The summed E-state index contributed by atoms with van der Waals surface area (Å²) in [5.74, 6) is -0.157. The zero-order valence-electron chi connectivity index (χ0n) is 8.05. The second-order valence-corrected chi connectivity index (χ2v) is 2.56. The molecule has 0 aliphatic carbocycles. The summed E-state index contributed by atoms with van der Waals surface area (Å²) in [7, 11) is 1.33. The van der Waals surface area contributed by atoms with E-state index < -0.39 is 0 Å². The molecule has 3 heteroatoms. The summed E-state index contributed by atoms with van der Waals surface area (Å²) in [6, 6.07) is 2.03. The average Bonchev–Trinajstić information content (AvgIpc) is 2.04. The van der Waals surface area contributed by atoms with Crippen molar-refractivity contribution < 1.29 is 9.53 Å². The number of hydrogen-bond donors (Lipinski definition) is 0. The van der Waals surface area contributed by atoms with Crippen molar-refractivity contribution >= 4 is 5.97 Å². The van der Waals surface area contributed by atoms with Crippen molar-refractivity contribution in [1.82, 2.24) is 0 Å². The molecule has 0 saturated heterocycles.